The van der Waals surface area contributed by atoms with Crippen molar-refractivity contribution in [2.75, 3.05) is 0 Å². The molecule has 1 N–H and O–H groups in total. The molecule has 0 heterocycles. The maximum absolute atomic E-state index is 13.5. The number of benzene rings is 1. The van der Waals surface area contributed by atoms with Gasteiger partial charge in [-0.3, -0.25) is 0 Å². The summed E-state index contributed by atoms with van der Waals surface area (Å²) >= 11 is 0. The largest absolute Gasteiger partial charge is 0.246 e. The molecule has 106 valence electrons. The lowest BCUT2D eigenvalue weighted by Gasteiger charge is -2.18. The van der Waals surface area contributed by atoms with Crippen molar-refractivity contribution < 1.29 is 17.2 Å². The van der Waals surface area contributed by atoms with Gasteiger partial charge in [0.25, 0.3) is 0 Å². The summed E-state index contributed by atoms with van der Waals surface area (Å²) in [6.07, 6.45) is 2.24. The molecule has 0 spiro atoms. The third kappa shape index (κ3) is 3.12. The van der Waals surface area contributed by atoms with E-state index in [0.29, 0.717) is 12.8 Å². The highest BCUT2D eigenvalue weighted by Crippen LogP contribution is 2.37. The Balaban J connectivity index is 2.25. The van der Waals surface area contributed by atoms with Crippen molar-refractivity contribution in [1.29, 1.82) is 0 Å². The lowest BCUT2D eigenvalue weighted by atomic mass is 9.92. The van der Waals surface area contributed by atoms with Crippen molar-refractivity contribution in [3.05, 3.63) is 29.8 Å². The van der Waals surface area contributed by atoms with Gasteiger partial charge in [0.05, 0.1) is 0 Å². The van der Waals surface area contributed by atoms with Gasteiger partial charge in [-0.1, -0.05) is 19.9 Å². The van der Waals surface area contributed by atoms with Gasteiger partial charge in [0.15, 0.2) is 4.90 Å². The molecule has 1 fully saturated rings. The zero-order chi connectivity index (χ0) is 14.3. The van der Waals surface area contributed by atoms with E-state index in [0.717, 1.165) is 24.6 Å². The average molecular weight is 289 g/mol. The van der Waals surface area contributed by atoms with Crippen LogP contribution in [0.4, 0.5) is 8.78 Å². The number of nitrogens with one attached hydrogen (secondary N) is 1. The second-order valence-electron chi connectivity index (χ2n) is 5.78. The molecule has 0 saturated heterocycles. The summed E-state index contributed by atoms with van der Waals surface area (Å²) in [5.74, 6) is -2.13. The van der Waals surface area contributed by atoms with Gasteiger partial charge in [0, 0.05) is 6.04 Å². The van der Waals surface area contributed by atoms with Crippen molar-refractivity contribution >= 4 is 10.0 Å². The Bertz CT molecular complexity index is 564. The summed E-state index contributed by atoms with van der Waals surface area (Å²) in [4.78, 5) is -0.889. The molecule has 1 aliphatic rings. The van der Waals surface area contributed by atoms with Gasteiger partial charge in [-0.25, -0.2) is 21.9 Å². The number of hydrogen-bond acceptors (Lipinski definition) is 2. The summed E-state index contributed by atoms with van der Waals surface area (Å²) < 4.78 is 53.5. The molecule has 0 aromatic heterocycles. The minimum Gasteiger partial charge on any atom is -0.208 e. The Morgan fingerprint density at radius 3 is 2.32 bits per heavy atom. The van der Waals surface area contributed by atoms with Crippen LogP contribution in [0, 0.1) is 17.0 Å². The zero-order valence-corrected chi connectivity index (χ0v) is 11.7. The molecule has 3 nitrogen and oxygen atoms in total. The Morgan fingerprint density at radius 2 is 1.84 bits per heavy atom. The van der Waals surface area contributed by atoms with Gasteiger partial charge >= 0.3 is 0 Å². The molecule has 1 aromatic carbocycles. The molecule has 1 atom stereocenters. The van der Waals surface area contributed by atoms with E-state index in [1.807, 2.05) is 13.8 Å². The van der Waals surface area contributed by atoms with E-state index in [9.17, 15) is 17.2 Å². The van der Waals surface area contributed by atoms with E-state index in [-0.39, 0.29) is 11.5 Å². The van der Waals surface area contributed by atoms with Gasteiger partial charge in [-0.15, -0.1) is 0 Å². The molecule has 2 rings (SSSR count). The van der Waals surface area contributed by atoms with Crippen molar-refractivity contribution in [3.8, 4) is 0 Å². The molecular weight excluding hydrogens is 272 g/mol. The molecule has 0 aliphatic heterocycles. The predicted molar refractivity (Wildman–Crippen MR) is 68.1 cm³/mol. The topological polar surface area (TPSA) is 46.2 Å². The second kappa shape index (κ2) is 4.83. The molecule has 0 bridgehead atoms. The normalized spacial score (nSPS) is 22.6. The van der Waals surface area contributed by atoms with Crippen LogP contribution in [0.25, 0.3) is 0 Å². The Kier molecular flexibility index (Phi) is 3.66. The third-order valence-electron chi connectivity index (χ3n) is 3.48. The van der Waals surface area contributed by atoms with Gasteiger partial charge in [0.1, 0.15) is 11.6 Å². The van der Waals surface area contributed by atoms with Crippen molar-refractivity contribution in [1.82, 2.24) is 4.72 Å². The summed E-state index contributed by atoms with van der Waals surface area (Å²) in [5.41, 5.74) is 0.0565. The van der Waals surface area contributed by atoms with E-state index >= 15 is 0 Å². The smallest absolute Gasteiger partial charge is 0.208 e. The Hall–Kier alpha value is -1.01. The number of halogens is 2. The highest BCUT2D eigenvalue weighted by Gasteiger charge is 2.35. The van der Waals surface area contributed by atoms with Gasteiger partial charge in [-0.05, 0) is 36.8 Å². The molecule has 0 radical (unpaired) electrons. The summed E-state index contributed by atoms with van der Waals surface area (Å²) in [7, 11) is -4.16. The fourth-order valence-electron chi connectivity index (χ4n) is 2.55. The van der Waals surface area contributed by atoms with Crippen LogP contribution in [0.15, 0.2) is 23.1 Å². The van der Waals surface area contributed by atoms with Crippen LogP contribution in [-0.2, 0) is 10.0 Å². The predicted octanol–water partition coefficient (Wildman–Crippen LogP) is 2.82. The summed E-state index contributed by atoms with van der Waals surface area (Å²) in [6, 6.07) is 2.76. The fourth-order valence-corrected chi connectivity index (χ4v) is 3.96. The molecule has 0 amide bonds. The van der Waals surface area contributed by atoms with E-state index in [1.54, 1.807) is 0 Å². The van der Waals surface area contributed by atoms with Crippen LogP contribution in [0.1, 0.15) is 33.1 Å². The number of sulfonamides is 1. The van der Waals surface area contributed by atoms with Crippen LogP contribution >= 0.6 is 0 Å². The van der Waals surface area contributed by atoms with E-state index in [2.05, 4.69) is 4.72 Å². The second-order valence-corrected chi connectivity index (χ2v) is 7.43. The summed E-state index contributed by atoms with van der Waals surface area (Å²) in [5, 5.41) is 0. The van der Waals surface area contributed by atoms with Crippen molar-refractivity contribution in [2.45, 2.75) is 44.0 Å². The quantitative estimate of drug-likeness (QED) is 0.930. The highest BCUT2D eigenvalue weighted by atomic mass is 32.2. The first-order valence-corrected chi connectivity index (χ1v) is 7.66. The van der Waals surface area contributed by atoms with Gasteiger partial charge in [0.2, 0.25) is 10.0 Å². The first-order chi connectivity index (χ1) is 8.71. The molecule has 1 saturated carbocycles. The molecule has 1 aliphatic carbocycles. The van der Waals surface area contributed by atoms with Crippen LogP contribution in [0.3, 0.4) is 0 Å². The molecule has 1 aromatic rings. The summed E-state index contributed by atoms with van der Waals surface area (Å²) in [6.45, 7) is 4.09. The van der Waals surface area contributed by atoms with Gasteiger partial charge < -0.3 is 0 Å². The lowest BCUT2D eigenvalue weighted by Crippen LogP contribution is -2.34. The van der Waals surface area contributed by atoms with Crippen LogP contribution in [0.5, 0.6) is 0 Å². The highest BCUT2D eigenvalue weighted by molar-refractivity contribution is 7.89. The number of rotatable bonds is 3. The molecular formula is C13H17F2NO2S. The van der Waals surface area contributed by atoms with Gasteiger partial charge in [-0.2, -0.15) is 0 Å². The van der Waals surface area contributed by atoms with Crippen molar-refractivity contribution in [3.63, 3.8) is 0 Å². The Morgan fingerprint density at radius 1 is 1.26 bits per heavy atom. The SMILES string of the molecule is CC1(C)CCC(NS(=O)(=O)c2c(F)cccc2F)C1. The fraction of sp³-hybridized carbons (Fsp3) is 0.538. The molecule has 1 unspecified atom stereocenters. The standard InChI is InChI=1S/C13H17F2NO2S/c1-13(2)7-6-9(8-13)16-19(17,18)12-10(14)4-3-5-11(12)15/h3-5,9,16H,6-8H2,1-2H3. The van der Waals surface area contributed by atoms with E-state index in [4.69, 9.17) is 0 Å². The van der Waals surface area contributed by atoms with Crippen LogP contribution in [-0.4, -0.2) is 14.5 Å². The van der Waals surface area contributed by atoms with E-state index < -0.39 is 26.6 Å². The Labute approximate surface area is 112 Å². The minimum atomic E-state index is -4.16. The first kappa shape index (κ1) is 14.4. The van der Waals surface area contributed by atoms with Crippen LogP contribution < -0.4 is 4.72 Å². The number of hydrogen-bond donors (Lipinski definition) is 1. The molecule has 6 heteroatoms. The van der Waals surface area contributed by atoms with Crippen LogP contribution in [0.2, 0.25) is 0 Å². The first-order valence-electron chi connectivity index (χ1n) is 6.18. The third-order valence-corrected chi connectivity index (χ3v) is 5.05. The lowest BCUT2D eigenvalue weighted by molar-refractivity contribution is 0.372. The minimum absolute atomic E-state index is 0.0565. The average Bonchev–Trinajstić information content (AvgIpc) is 2.56. The van der Waals surface area contributed by atoms with Crippen molar-refractivity contribution in [2.24, 2.45) is 5.41 Å². The van der Waals surface area contributed by atoms with E-state index in [1.165, 1.54) is 0 Å². The maximum Gasteiger partial charge on any atom is 0.246 e. The molecule has 19 heavy (non-hydrogen) atoms. The maximum atomic E-state index is 13.5. The monoisotopic (exact) mass is 289 g/mol. The zero-order valence-electron chi connectivity index (χ0n) is 10.9.